The van der Waals surface area contributed by atoms with Crippen LogP contribution >= 0.6 is 11.8 Å². The summed E-state index contributed by atoms with van der Waals surface area (Å²) in [6.07, 6.45) is 0. The monoisotopic (exact) mass is 225 g/mol. The summed E-state index contributed by atoms with van der Waals surface area (Å²) in [7, 11) is 0. The highest BCUT2D eigenvalue weighted by Gasteiger charge is 2.19. The smallest absolute Gasteiger partial charge is 0.281 e. The number of nitrogens with zero attached hydrogens (tertiary/aromatic N) is 1. The van der Waals surface area contributed by atoms with Crippen molar-refractivity contribution >= 4 is 22.6 Å². The van der Waals surface area contributed by atoms with Crippen LogP contribution in [0.1, 0.15) is 22.8 Å². The molecule has 0 radical (unpaired) electrons. The minimum atomic E-state index is -0.517. The van der Waals surface area contributed by atoms with E-state index in [2.05, 4.69) is 0 Å². The Morgan fingerprint density at radius 1 is 1.53 bits per heavy atom. The number of hydrogen-bond donors (Lipinski definition) is 0. The minimum Gasteiger partial charge on any atom is -0.281 e. The van der Waals surface area contributed by atoms with Gasteiger partial charge >= 0.3 is 0 Å². The molecule has 0 saturated heterocycles. The molecule has 15 heavy (non-hydrogen) atoms. The van der Waals surface area contributed by atoms with E-state index in [0.717, 1.165) is 17.3 Å². The fraction of sp³-hybridized carbons (Fsp3) is 0.300. The van der Waals surface area contributed by atoms with Gasteiger partial charge in [-0.2, -0.15) is 0 Å². The van der Waals surface area contributed by atoms with Crippen LogP contribution in [0.2, 0.25) is 0 Å². The summed E-state index contributed by atoms with van der Waals surface area (Å²) in [5, 5.41) is 10.5. The van der Waals surface area contributed by atoms with E-state index in [0.29, 0.717) is 5.75 Å². The quantitative estimate of drug-likeness (QED) is 0.586. The van der Waals surface area contributed by atoms with Crippen molar-refractivity contribution < 1.29 is 9.72 Å². The van der Waals surface area contributed by atoms with Gasteiger partial charge in [-0.05, 0) is 24.3 Å². The Morgan fingerprint density at radius 2 is 2.20 bits per heavy atom. The van der Waals surface area contributed by atoms with Crippen LogP contribution in [0.5, 0.6) is 0 Å². The molecule has 5 heteroatoms. The van der Waals surface area contributed by atoms with Gasteiger partial charge in [0.05, 0.1) is 4.92 Å². The third kappa shape index (κ3) is 2.79. The second kappa shape index (κ2) is 4.93. The number of benzene rings is 1. The Morgan fingerprint density at radius 3 is 2.73 bits per heavy atom. The Kier molecular flexibility index (Phi) is 3.85. The molecule has 1 rings (SSSR count). The van der Waals surface area contributed by atoms with Gasteiger partial charge in [-0.1, -0.05) is 24.8 Å². The predicted octanol–water partition coefficient (Wildman–Crippen LogP) is 2.80. The zero-order valence-corrected chi connectivity index (χ0v) is 9.34. The van der Waals surface area contributed by atoms with Gasteiger partial charge in [-0.25, -0.2) is 0 Å². The van der Waals surface area contributed by atoms with Gasteiger partial charge in [0.15, 0.2) is 0 Å². The lowest BCUT2D eigenvalue weighted by Gasteiger charge is -2.01. The second-order valence-electron chi connectivity index (χ2n) is 3.00. The van der Waals surface area contributed by atoms with E-state index in [1.54, 1.807) is 13.0 Å². The molecule has 0 aliphatic heterocycles. The molecule has 0 aliphatic carbocycles. The molecule has 4 nitrogen and oxygen atoms in total. The first kappa shape index (κ1) is 11.7. The van der Waals surface area contributed by atoms with Crippen LogP contribution in [-0.2, 0) is 0 Å². The average Bonchev–Trinajstić information content (AvgIpc) is 2.17. The van der Waals surface area contributed by atoms with Crippen molar-refractivity contribution in [1.82, 2.24) is 0 Å². The maximum atomic E-state index is 11.5. The predicted molar refractivity (Wildman–Crippen MR) is 60.3 cm³/mol. The molecule has 0 N–H and O–H groups in total. The van der Waals surface area contributed by atoms with E-state index < -0.39 is 4.92 Å². The van der Waals surface area contributed by atoms with Crippen LogP contribution < -0.4 is 0 Å². The zero-order valence-electron chi connectivity index (χ0n) is 8.52. The molecule has 0 aliphatic rings. The zero-order chi connectivity index (χ0) is 11.4. The first-order valence-electron chi connectivity index (χ1n) is 4.48. The summed E-state index contributed by atoms with van der Waals surface area (Å²) in [6, 6.07) is 4.64. The molecular formula is C10H11NO3S. The Bertz CT molecular complexity index is 404. The minimum absolute atomic E-state index is 0.110. The van der Waals surface area contributed by atoms with E-state index in [1.165, 1.54) is 12.1 Å². The number of thioether (sulfide) groups is 1. The third-order valence-corrected chi connectivity index (χ3v) is 2.62. The first-order chi connectivity index (χ1) is 7.06. The fourth-order valence-corrected chi connectivity index (χ4v) is 1.76. The average molecular weight is 225 g/mol. The van der Waals surface area contributed by atoms with Crippen LogP contribution in [0.25, 0.3) is 0 Å². The van der Waals surface area contributed by atoms with Crippen LogP contribution in [-0.4, -0.2) is 15.8 Å². The van der Waals surface area contributed by atoms with Crippen molar-refractivity contribution in [2.75, 3.05) is 5.75 Å². The van der Waals surface area contributed by atoms with Crippen LogP contribution in [0.15, 0.2) is 18.2 Å². The highest BCUT2D eigenvalue weighted by Crippen LogP contribution is 2.24. The molecule has 0 unspecified atom stereocenters. The summed E-state index contributed by atoms with van der Waals surface area (Å²) in [5.74, 6) is 0.615. The Balaban J connectivity index is 3.17. The molecule has 0 amide bonds. The van der Waals surface area contributed by atoms with Crippen molar-refractivity contribution in [2.24, 2.45) is 0 Å². The lowest BCUT2D eigenvalue weighted by Crippen LogP contribution is -2.01. The molecule has 0 atom stereocenters. The van der Waals surface area contributed by atoms with E-state index in [1.807, 2.05) is 6.92 Å². The summed E-state index contributed by atoms with van der Waals surface area (Å²) >= 11 is 1.08. The molecular weight excluding hydrogens is 214 g/mol. The van der Waals surface area contributed by atoms with Gasteiger partial charge in [0, 0.05) is 6.07 Å². The van der Waals surface area contributed by atoms with E-state index in [9.17, 15) is 14.9 Å². The maximum Gasteiger partial charge on any atom is 0.281 e. The summed E-state index contributed by atoms with van der Waals surface area (Å²) in [4.78, 5) is 21.7. The van der Waals surface area contributed by atoms with Gasteiger partial charge in [-0.15, -0.1) is 0 Å². The lowest BCUT2D eigenvalue weighted by atomic mass is 10.1. The Labute approximate surface area is 91.8 Å². The number of carbonyl (C=O) groups is 1. The summed E-state index contributed by atoms with van der Waals surface area (Å²) in [5.41, 5.74) is 0.846. The van der Waals surface area contributed by atoms with Crippen molar-refractivity contribution in [2.45, 2.75) is 13.8 Å². The third-order valence-electron chi connectivity index (χ3n) is 1.85. The number of nitro groups is 1. The molecule has 0 bridgehead atoms. The maximum absolute atomic E-state index is 11.5. The van der Waals surface area contributed by atoms with Gasteiger partial charge in [-0.3, -0.25) is 14.9 Å². The molecule has 0 saturated carbocycles. The van der Waals surface area contributed by atoms with Crippen molar-refractivity contribution in [3.05, 3.63) is 39.4 Å². The van der Waals surface area contributed by atoms with E-state index in [-0.39, 0.29) is 16.4 Å². The normalized spacial score (nSPS) is 10.0. The number of rotatable bonds is 3. The topological polar surface area (TPSA) is 60.2 Å². The van der Waals surface area contributed by atoms with Crippen LogP contribution in [0, 0.1) is 17.0 Å². The fourth-order valence-electron chi connectivity index (χ4n) is 1.17. The van der Waals surface area contributed by atoms with Crippen molar-refractivity contribution in [3.8, 4) is 0 Å². The van der Waals surface area contributed by atoms with Crippen LogP contribution in [0.4, 0.5) is 5.69 Å². The summed E-state index contributed by atoms with van der Waals surface area (Å²) < 4.78 is 0. The van der Waals surface area contributed by atoms with E-state index >= 15 is 0 Å². The number of nitro benzene ring substituents is 1. The highest BCUT2D eigenvalue weighted by atomic mass is 32.2. The molecule has 1 aromatic carbocycles. The number of carbonyl (C=O) groups excluding carboxylic acids is 1. The highest BCUT2D eigenvalue weighted by molar-refractivity contribution is 8.14. The standard InChI is InChI=1S/C10H11NO3S/c1-3-15-10(12)8-5-4-7(2)6-9(8)11(13)14/h4-6H,3H2,1-2H3. The van der Waals surface area contributed by atoms with E-state index in [4.69, 9.17) is 0 Å². The number of hydrogen-bond acceptors (Lipinski definition) is 4. The molecule has 1 aromatic rings. The molecule has 0 aromatic heterocycles. The molecule has 0 fully saturated rings. The Hall–Kier alpha value is -1.36. The van der Waals surface area contributed by atoms with Gasteiger partial charge < -0.3 is 0 Å². The molecule has 0 spiro atoms. The molecule has 80 valence electrons. The lowest BCUT2D eigenvalue weighted by molar-refractivity contribution is -0.385. The van der Waals surface area contributed by atoms with Crippen molar-refractivity contribution in [3.63, 3.8) is 0 Å². The second-order valence-corrected chi connectivity index (χ2v) is 4.23. The first-order valence-corrected chi connectivity index (χ1v) is 5.47. The molecule has 0 heterocycles. The van der Waals surface area contributed by atoms with Crippen molar-refractivity contribution in [1.29, 1.82) is 0 Å². The van der Waals surface area contributed by atoms with Crippen LogP contribution in [0.3, 0.4) is 0 Å². The van der Waals surface area contributed by atoms with Gasteiger partial charge in [0.2, 0.25) is 5.12 Å². The number of aryl methyl sites for hydroxylation is 1. The van der Waals surface area contributed by atoms with Gasteiger partial charge in [0.25, 0.3) is 5.69 Å². The van der Waals surface area contributed by atoms with Gasteiger partial charge in [0.1, 0.15) is 5.56 Å². The SMILES string of the molecule is CCSC(=O)c1ccc(C)cc1[N+](=O)[O-]. The largest absolute Gasteiger partial charge is 0.281 e. The summed E-state index contributed by atoms with van der Waals surface area (Å²) in [6.45, 7) is 3.59.